The lowest BCUT2D eigenvalue weighted by Gasteiger charge is -2.18. The molecule has 7 heteroatoms. The molecule has 0 aromatic heterocycles. The Morgan fingerprint density at radius 1 is 0.967 bits per heavy atom. The van der Waals surface area contributed by atoms with Gasteiger partial charge < -0.3 is 9.64 Å². The number of likely N-dealkylation sites (N-methyl/N-ethyl adjacent to an activating group) is 1. The Labute approximate surface area is 175 Å². The van der Waals surface area contributed by atoms with E-state index in [0.29, 0.717) is 11.1 Å². The number of carbonyl (C=O) groups is 1. The molecule has 0 atom stereocenters. The van der Waals surface area contributed by atoms with Gasteiger partial charge in [0.25, 0.3) is 5.91 Å². The molecule has 5 nitrogen and oxygen atoms in total. The number of halogens is 1. The van der Waals surface area contributed by atoms with Crippen LogP contribution >= 0.6 is 0 Å². The largest absolute Gasteiger partial charge is 0.489 e. The molecule has 1 amide bonds. The maximum absolute atomic E-state index is 13.6. The second-order valence-corrected chi connectivity index (χ2v) is 8.77. The van der Waals surface area contributed by atoms with Crippen LogP contribution in [0.5, 0.6) is 5.75 Å². The lowest BCUT2D eigenvalue weighted by Crippen LogP contribution is -2.31. The fraction of sp³-hybridized carbons (Fsp3) is 0.174. The third-order valence-corrected chi connectivity index (χ3v) is 6.20. The number of nitrogens with zero attached hydrogens (tertiary/aromatic N) is 1. The van der Waals surface area contributed by atoms with Crippen molar-refractivity contribution < 1.29 is 22.3 Å². The quantitative estimate of drug-likeness (QED) is 0.546. The summed E-state index contributed by atoms with van der Waals surface area (Å²) in [5.41, 5.74) is 0.907. The van der Waals surface area contributed by atoms with Crippen LogP contribution in [-0.4, -0.2) is 39.4 Å². The molecule has 0 N–H and O–H groups in total. The Bertz CT molecular complexity index is 1120. The highest BCUT2D eigenvalue weighted by Crippen LogP contribution is 2.18. The number of benzene rings is 3. The molecule has 0 spiro atoms. The van der Waals surface area contributed by atoms with Gasteiger partial charge in [-0.15, -0.1) is 0 Å². The Balaban J connectivity index is 1.63. The van der Waals surface area contributed by atoms with Gasteiger partial charge >= 0.3 is 0 Å². The van der Waals surface area contributed by atoms with Crippen molar-refractivity contribution >= 4 is 15.7 Å². The first-order chi connectivity index (χ1) is 14.4. The molecular formula is C23H22FNO4S. The fourth-order valence-corrected chi connectivity index (χ4v) is 4.26. The normalized spacial score (nSPS) is 11.1. The predicted octanol–water partition coefficient (Wildman–Crippen LogP) is 3.95. The summed E-state index contributed by atoms with van der Waals surface area (Å²) in [7, 11) is -1.89. The molecule has 0 saturated heterocycles. The van der Waals surface area contributed by atoms with E-state index in [1.807, 2.05) is 0 Å². The van der Waals surface area contributed by atoms with Crippen LogP contribution in [0.2, 0.25) is 0 Å². The molecule has 156 valence electrons. The van der Waals surface area contributed by atoms with Crippen molar-refractivity contribution in [3.05, 3.63) is 95.8 Å². The van der Waals surface area contributed by atoms with Crippen molar-refractivity contribution in [3.8, 4) is 5.75 Å². The predicted molar refractivity (Wildman–Crippen MR) is 113 cm³/mol. The van der Waals surface area contributed by atoms with Gasteiger partial charge in [-0.3, -0.25) is 4.79 Å². The summed E-state index contributed by atoms with van der Waals surface area (Å²) in [6.45, 7) is 0.380. The third kappa shape index (κ3) is 5.45. The first kappa shape index (κ1) is 21.5. The van der Waals surface area contributed by atoms with Crippen LogP contribution < -0.4 is 4.74 Å². The SMILES string of the molecule is CN(CCOc1ccccc1F)C(=O)c1cccc(CS(=O)(=O)c2ccccc2)c1. The van der Waals surface area contributed by atoms with Crippen molar-refractivity contribution in [1.82, 2.24) is 4.90 Å². The number of ether oxygens (including phenoxy) is 1. The molecule has 0 heterocycles. The molecule has 3 aromatic rings. The van der Waals surface area contributed by atoms with E-state index in [4.69, 9.17) is 4.74 Å². The number of para-hydroxylation sites is 1. The van der Waals surface area contributed by atoms with Crippen LogP contribution in [0.3, 0.4) is 0 Å². The van der Waals surface area contributed by atoms with E-state index in [1.54, 1.807) is 73.8 Å². The van der Waals surface area contributed by atoms with Crippen LogP contribution in [0.4, 0.5) is 4.39 Å². The minimum absolute atomic E-state index is 0.130. The monoisotopic (exact) mass is 427 g/mol. The summed E-state index contributed by atoms with van der Waals surface area (Å²) in [5, 5.41) is 0. The van der Waals surface area contributed by atoms with E-state index in [0.717, 1.165) is 0 Å². The zero-order chi connectivity index (χ0) is 21.6. The molecular weight excluding hydrogens is 405 g/mol. The highest BCUT2D eigenvalue weighted by atomic mass is 32.2. The average Bonchev–Trinajstić information content (AvgIpc) is 2.75. The second-order valence-electron chi connectivity index (χ2n) is 6.78. The van der Waals surface area contributed by atoms with Gasteiger partial charge in [-0.05, 0) is 42.0 Å². The van der Waals surface area contributed by atoms with E-state index in [-0.39, 0.29) is 35.5 Å². The van der Waals surface area contributed by atoms with Gasteiger partial charge in [-0.2, -0.15) is 0 Å². The Morgan fingerprint density at radius 3 is 2.40 bits per heavy atom. The zero-order valence-corrected chi connectivity index (χ0v) is 17.3. The van der Waals surface area contributed by atoms with Gasteiger partial charge in [-0.25, -0.2) is 12.8 Å². The van der Waals surface area contributed by atoms with E-state index in [2.05, 4.69) is 0 Å². The van der Waals surface area contributed by atoms with E-state index in [1.165, 1.54) is 17.0 Å². The van der Waals surface area contributed by atoms with Crippen LogP contribution in [0.1, 0.15) is 15.9 Å². The first-order valence-electron chi connectivity index (χ1n) is 9.36. The van der Waals surface area contributed by atoms with Crippen molar-refractivity contribution in [2.45, 2.75) is 10.6 Å². The van der Waals surface area contributed by atoms with Gasteiger partial charge in [-0.1, -0.05) is 42.5 Å². The van der Waals surface area contributed by atoms with Crippen molar-refractivity contribution in [3.63, 3.8) is 0 Å². The summed E-state index contributed by atoms with van der Waals surface area (Å²) in [4.78, 5) is 14.4. The van der Waals surface area contributed by atoms with Crippen LogP contribution in [0, 0.1) is 5.82 Å². The van der Waals surface area contributed by atoms with Gasteiger partial charge in [0.1, 0.15) is 6.61 Å². The number of rotatable bonds is 8. The van der Waals surface area contributed by atoms with E-state index >= 15 is 0 Å². The number of hydrogen-bond acceptors (Lipinski definition) is 4. The lowest BCUT2D eigenvalue weighted by molar-refractivity contribution is 0.0773. The zero-order valence-electron chi connectivity index (χ0n) is 16.5. The van der Waals surface area contributed by atoms with Gasteiger partial charge in [0, 0.05) is 12.6 Å². The molecule has 0 aliphatic rings. The number of hydrogen-bond donors (Lipinski definition) is 0. The number of amides is 1. The highest BCUT2D eigenvalue weighted by Gasteiger charge is 2.17. The van der Waals surface area contributed by atoms with E-state index < -0.39 is 15.7 Å². The number of carbonyl (C=O) groups excluding carboxylic acids is 1. The topological polar surface area (TPSA) is 63.7 Å². The maximum atomic E-state index is 13.6. The molecule has 0 saturated carbocycles. The maximum Gasteiger partial charge on any atom is 0.253 e. The van der Waals surface area contributed by atoms with Crippen molar-refractivity contribution in [2.75, 3.05) is 20.2 Å². The third-order valence-electron chi connectivity index (χ3n) is 4.50. The molecule has 30 heavy (non-hydrogen) atoms. The second kappa shape index (κ2) is 9.54. The fourth-order valence-electron chi connectivity index (χ4n) is 2.90. The molecule has 3 aromatic carbocycles. The first-order valence-corrected chi connectivity index (χ1v) is 11.0. The number of sulfone groups is 1. The summed E-state index contributed by atoms with van der Waals surface area (Å²) in [6.07, 6.45) is 0. The van der Waals surface area contributed by atoms with Crippen LogP contribution in [0.15, 0.2) is 83.8 Å². The van der Waals surface area contributed by atoms with Crippen LogP contribution in [-0.2, 0) is 15.6 Å². The lowest BCUT2D eigenvalue weighted by atomic mass is 10.1. The molecule has 0 unspecified atom stereocenters. The van der Waals surface area contributed by atoms with Gasteiger partial charge in [0.05, 0.1) is 17.2 Å². The van der Waals surface area contributed by atoms with Crippen molar-refractivity contribution in [2.24, 2.45) is 0 Å². The summed E-state index contributed by atoms with van der Waals surface area (Å²) in [5.74, 6) is -0.797. The molecule has 0 aliphatic carbocycles. The average molecular weight is 427 g/mol. The molecule has 0 fully saturated rings. The van der Waals surface area contributed by atoms with Crippen LogP contribution in [0.25, 0.3) is 0 Å². The summed E-state index contributed by atoms with van der Waals surface area (Å²) >= 11 is 0. The van der Waals surface area contributed by atoms with Crippen molar-refractivity contribution in [1.29, 1.82) is 0 Å². The Morgan fingerprint density at radius 2 is 1.67 bits per heavy atom. The smallest absolute Gasteiger partial charge is 0.253 e. The molecule has 3 rings (SSSR count). The van der Waals surface area contributed by atoms with Gasteiger partial charge in [0.2, 0.25) is 0 Å². The van der Waals surface area contributed by atoms with E-state index in [9.17, 15) is 17.6 Å². The minimum Gasteiger partial charge on any atom is -0.489 e. The Kier molecular flexibility index (Phi) is 6.84. The van der Waals surface area contributed by atoms with Gasteiger partial charge in [0.15, 0.2) is 21.4 Å². The standard InChI is InChI=1S/C23H22FNO4S/c1-25(14-15-29-22-13-6-5-12-21(22)24)23(26)19-9-7-8-18(16-19)17-30(27,28)20-10-3-2-4-11-20/h2-13,16H,14-15,17H2,1H3. The minimum atomic E-state index is -3.51. The summed E-state index contributed by atoms with van der Waals surface area (Å²) < 4.78 is 44.1. The Hall–Kier alpha value is -3.19. The summed E-state index contributed by atoms with van der Waals surface area (Å²) in [6, 6.07) is 20.8. The molecule has 0 aliphatic heterocycles. The molecule has 0 radical (unpaired) electrons. The highest BCUT2D eigenvalue weighted by molar-refractivity contribution is 7.90. The molecule has 0 bridgehead atoms.